The van der Waals surface area contributed by atoms with E-state index in [0.717, 1.165) is 32.6 Å². The van der Waals surface area contributed by atoms with Gasteiger partial charge in [-0.15, -0.1) is 0 Å². The third-order valence-corrected chi connectivity index (χ3v) is 6.59. The molecule has 4 atom stereocenters. The van der Waals surface area contributed by atoms with Crippen LogP contribution in [0.5, 0.6) is 0 Å². The second-order valence-corrected chi connectivity index (χ2v) is 8.56. The monoisotopic (exact) mass is 356 g/mol. The molecule has 0 radical (unpaired) electrons. The number of rotatable bonds is 4. The van der Waals surface area contributed by atoms with Gasteiger partial charge in [0.05, 0.1) is 0 Å². The molecule has 4 saturated heterocycles. The van der Waals surface area contributed by atoms with E-state index in [1.165, 1.54) is 12.0 Å². The lowest BCUT2D eigenvalue weighted by atomic mass is 9.90. The fourth-order valence-corrected chi connectivity index (χ4v) is 5.04. The van der Waals surface area contributed by atoms with E-state index < -0.39 is 0 Å². The Hall–Kier alpha value is -1.43. The molecule has 26 heavy (non-hydrogen) atoms. The number of carbonyl (C=O) groups excluding carboxylic acids is 1. The van der Waals surface area contributed by atoms with Gasteiger partial charge in [-0.2, -0.15) is 0 Å². The van der Waals surface area contributed by atoms with Crippen molar-refractivity contribution in [3.8, 4) is 0 Å². The quantitative estimate of drug-likeness (QED) is 0.866. The van der Waals surface area contributed by atoms with Crippen molar-refractivity contribution in [3.05, 3.63) is 35.9 Å². The molecule has 2 unspecified atom stereocenters. The molecule has 0 spiro atoms. The Morgan fingerprint density at radius 1 is 1.04 bits per heavy atom. The Bertz CT molecular complexity index is 612. The average Bonchev–Trinajstić information content (AvgIpc) is 2.82. The van der Waals surface area contributed by atoms with Gasteiger partial charge in [0.15, 0.2) is 0 Å². The fraction of sp³-hybridized carbons (Fsp3) is 0.667. The highest BCUT2D eigenvalue weighted by Crippen LogP contribution is 2.30. The van der Waals surface area contributed by atoms with Gasteiger partial charge in [-0.1, -0.05) is 30.3 Å². The molecule has 2 N–H and O–H groups in total. The molecular weight excluding hydrogens is 324 g/mol. The van der Waals surface area contributed by atoms with Crippen molar-refractivity contribution in [2.24, 2.45) is 11.8 Å². The Balaban J connectivity index is 1.40. The molecule has 4 fully saturated rings. The number of piperidine rings is 1. The van der Waals surface area contributed by atoms with Gasteiger partial charge >= 0.3 is 0 Å². The SMILES string of the molecule is CC1NNC(C)C1CC(=O)N1C[C@H]2CC[C@@H]1CN(Cc1ccccc1)C2. The molecule has 5 rings (SSSR count). The first-order chi connectivity index (χ1) is 12.6. The first kappa shape index (κ1) is 18.0. The van der Waals surface area contributed by atoms with Crippen LogP contribution in [0.1, 0.15) is 38.7 Å². The molecular formula is C21H32N4O. The minimum atomic E-state index is 0.354. The summed E-state index contributed by atoms with van der Waals surface area (Å²) in [5.41, 5.74) is 7.93. The van der Waals surface area contributed by atoms with Gasteiger partial charge in [0.2, 0.25) is 5.91 Å². The molecule has 2 bridgehead atoms. The predicted octanol–water partition coefficient (Wildman–Crippen LogP) is 2.00. The molecule has 1 amide bonds. The van der Waals surface area contributed by atoms with E-state index in [9.17, 15) is 4.79 Å². The summed E-state index contributed by atoms with van der Waals surface area (Å²) in [7, 11) is 0. The van der Waals surface area contributed by atoms with Gasteiger partial charge in [0.25, 0.3) is 0 Å². The molecule has 4 aliphatic heterocycles. The maximum atomic E-state index is 13.1. The summed E-state index contributed by atoms with van der Waals surface area (Å²) >= 11 is 0. The number of carbonyl (C=O) groups is 1. The van der Waals surface area contributed by atoms with Crippen LogP contribution in [-0.4, -0.2) is 53.5 Å². The van der Waals surface area contributed by atoms with E-state index >= 15 is 0 Å². The predicted molar refractivity (Wildman–Crippen MR) is 103 cm³/mol. The smallest absolute Gasteiger partial charge is 0.223 e. The van der Waals surface area contributed by atoms with Crippen LogP contribution in [0, 0.1) is 11.8 Å². The summed E-state index contributed by atoms with van der Waals surface area (Å²) in [6.45, 7) is 8.43. The van der Waals surface area contributed by atoms with Crippen LogP contribution in [0.3, 0.4) is 0 Å². The lowest BCUT2D eigenvalue weighted by molar-refractivity contribution is -0.136. The van der Waals surface area contributed by atoms with E-state index in [1.807, 2.05) is 0 Å². The van der Waals surface area contributed by atoms with Gasteiger partial charge in [-0.3, -0.25) is 20.5 Å². The summed E-state index contributed by atoms with van der Waals surface area (Å²) in [5.74, 6) is 1.36. The summed E-state index contributed by atoms with van der Waals surface area (Å²) in [6, 6.07) is 11.8. The lowest BCUT2D eigenvalue weighted by Crippen LogP contribution is -2.48. The molecule has 142 valence electrons. The highest BCUT2D eigenvalue weighted by atomic mass is 16.2. The van der Waals surface area contributed by atoms with E-state index in [1.54, 1.807) is 0 Å². The van der Waals surface area contributed by atoms with E-state index in [-0.39, 0.29) is 0 Å². The van der Waals surface area contributed by atoms with Gasteiger partial charge in [-0.05, 0) is 38.2 Å². The van der Waals surface area contributed by atoms with E-state index in [2.05, 4.69) is 64.8 Å². The molecule has 4 heterocycles. The highest BCUT2D eigenvalue weighted by Gasteiger charge is 2.39. The maximum Gasteiger partial charge on any atom is 0.223 e. The fourth-order valence-electron chi connectivity index (χ4n) is 5.04. The van der Waals surface area contributed by atoms with Crippen molar-refractivity contribution in [1.29, 1.82) is 0 Å². The molecule has 5 nitrogen and oxygen atoms in total. The molecule has 0 aromatic heterocycles. The number of nitrogens with zero attached hydrogens (tertiary/aromatic N) is 2. The zero-order chi connectivity index (χ0) is 18.1. The zero-order valence-corrected chi connectivity index (χ0v) is 16.0. The lowest BCUT2D eigenvalue weighted by Gasteiger charge is -2.37. The maximum absolute atomic E-state index is 13.1. The van der Waals surface area contributed by atoms with Crippen LogP contribution >= 0.6 is 0 Å². The van der Waals surface area contributed by atoms with Gasteiger partial charge in [0.1, 0.15) is 0 Å². The van der Waals surface area contributed by atoms with Gasteiger partial charge < -0.3 is 4.90 Å². The summed E-state index contributed by atoms with van der Waals surface area (Å²) < 4.78 is 0. The van der Waals surface area contributed by atoms with E-state index in [4.69, 9.17) is 0 Å². The van der Waals surface area contributed by atoms with Gasteiger partial charge in [-0.25, -0.2) is 0 Å². The van der Waals surface area contributed by atoms with Crippen LogP contribution in [-0.2, 0) is 11.3 Å². The van der Waals surface area contributed by atoms with Crippen molar-refractivity contribution in [1.82, 2.24) is 20.7 Å². The van der Waals surface area contributed by atoms with Crippen molar-refractivity contribution in [2.75, 3.05) is 19.6 Å². The number of hydrogen-bond donors (Lipinski definition) is 2. The van der Waals surface area contributed by atoms with Crippen molar-refractivity contribution < 1.29 is 4.79 Å². The third-order valence-electron chi connectivity index (χ3n) is 6.59. The Morgan fingerprint density at radius 2 is 1.77 bits per heavy atom. The summed E-state index contributed by atoms with van der Waals surface area (Å²) in [6.07, 6.45) is 3.08. The minimum Gasteiger partial charge on any atom is -0.338 e. The standard InChI is InChI=1S/C21H32N4O/c1-15-20(16(2)23-22-15)10-21(26)25-13-18-8-9-19(25)14-24(12-18)11-17-6-4-3-5-7-17/h3-7,15-16,18-20,22-23H,8-14H2,1-2H3/t15?,16?,18-,19+,20?/m0/s1. The molecule has 5 heteroatoms. The van der Waals surface area contributed by atoms with Gasteiger partial charge in [0, 0.05) is 56.6 Å². The number of benzene rings is 1. The second kappa shape index (κ2) is 7.67. The molecule has 0 aliphatic carbocycles. The zero-order valence-electron chi connectivity index (χ0n) is 16.0. The van der Waals surface area contributed by atoms with E-state index in [0.29, 0.717) is 42.3 Å². The normalized spacial score (nSPS) is 34.8. The third kappa shape index (κ3) is 3.80. The van der Waals surface area contributed by atoms with Crippen molar-refractivity contribution in [2.45, 2.75) is 57.8 Å². The average molecular weight is 357 g/mol. The summed E-state index contributed by atoms with van der Waals surface area (Å²) in [5, 5.41) is 0. The second-order valence-electron chi connectivity index (χ2n) is 8.56. The number of amides is 1. The van der Waals surface area contributed by atoms with Crippen LogP contribution in [0.15, 0.2) is 30.3 Å². The molecule has 1 aromatic rings. The van der Waals surface area contributed by atoms with Crippen molar-refractivity contribution >= 4 is 5.91 Å². The number of hydrogen-bond acceptors (Lipinski definition) is 4. The molecule has 0 saturated carbocycles. The first-order valence-corrected chi connectivity index (χ1v) is 10.2. The topological polar surface area (TPSA) is 47.6 Å². The van der Waals surface area contributed by atoms with Crippen molar-refractivity contribution in [3.63, 3.8) is 0 Å². The minimum absolute atomic E-state index is 0.354. The Labute approximate surface area is 157 Å². The number of hydrazine groups is 1. The van der Waals surface area contributed by atoms with Crippen LogP contribution < -0.4 is 10.9 Å². The number of fused-ring (bicyclic) bond motifs is 4. The molecule has 1 aromatic carbocycles. The van der Waals surface area contributed by atoms with Crippen LogP contribution in [0.2, 0.25) is 0 Å². The first-order valence-electron chi connectivity index (χ1n) is 10.2. The Kier molecular flexibility index (Phi) is 5.30. The van der Waals surface area contributed by atoms with Crippen LogP contribution in [0.4, 0.5) is 0 Å². The number of nitrogens with one attached hydrogen (secondary N) is 2. The Morgan fingerprint density at radius 3 is 2.50 bits per heavy atom. The summed E-state index contributed by atoms with van der Waals surface area (Å²) in [4.78, 5) is 17.9. The highest BCUT2D eigenvalue weighted by molar-refractivity contribution is 5.77. The molecule has 4 aliphatic rings. The largest absolute Gasteiger partial charge is 0.338 e. The van der Waals surface area contributed by atoms with Crippen LogP contribution in [0.25, 0.3) is 0 Å².